The Labute approximate surface area is 156 Å². The Kier molecular flexibility index (Phi) is 4.48. The van der Waals surface area contributed by atoms with Gasteiger partial charge < -0.3 is 9.80 Å². The second-order valence-corrected chi connectivity index (χ2v) is 8.06. The number of nitrogens with zero attached hydrogens (tertiary/aromatic N) is 4. The Balaban J connectivity index is 1.38. The average Bonchev–Trinajstić information content (AvgIpc) is 3.09. The molecule has 4 rings (SSSR count). The highest BCUT2D eigenvalue weighted by Crippen LogP contribution is 2.57. The lowest BCUT2D eigenvalue weighted by Crippen LogP contribution is -2.42. The Hall–Kier alpha value is -2.28. The average molecular weight is 370 g/mol. The zero-order valence-electron chi connectivity index (χ0n) is 14.8. The monoisotopic (exact) mass is 370 g/mol. The number of aromatic nitrogens is 2. The van der Waals surface area contributed by atoms with Crippen molar-refractivity contribution in [1.82, 2.24) is 20.0 Å². The summed E-state index contributed by atoms with van der Waals surface area (Å²) in [6, 6.07) is 4.09. The molecule has 0 bridgehead atoms. The van der Waals surface area contributed by atoms with Gasteiger partial charge in [-0.15, -0.1) is 0 Å². The van der Waals surface area contributed by atoms with Crippen LogP contribution < -0.4 is 0 Å². The largest absolute Gasteiger partial charge is 0.339 e. The number of thiophene rings is 1. The summed E-state index contributed by atoms with van der Waals surface area (Å²) in [4.78, 5) is 28.7. The minimum atomic E-state index is 0.0219. The fourth-order valence-electron chi connectivity index (χ4n) is 4.08. The minimum Gasteiger partial charge on any atom is -0.339 e. The van der Waals surface area contributed by atoms with Crippen molar-refractivity contribution in [3.05, 3.63) is 46.4 Å². The van der Waals surface area contributed by atoms with Crippen LogP contribution in [0.4, 0.5) is 0 Å². The van der Waals surface area contributed by atoms with Gasteiger partial charge in [0.15, 0.2) is 0 Å². The Morgan fingerprint density at radius 2 is 2.12 bits per heavy atom. The smallest absolute Gasteiger partial charge is 0.255 e. The second kappa shape index (κ2) is 6.79. The van der Waals surface area contributed by atoms with Gasteiger partial charge in [0.05, 0.1) is 18.0 Å². The third kappa shape index (κ3) is 3.23. The molecule has 2 aromatic rings. The zero-order chi connectivity index (χ0) is 18.1. The highest BCUT2D eigenvalue weighted by molar-refractivity contribution is 7.07. The van der Waals surface area contributed by atoms with Crippen molar-refractivity contribution in [2.75, 3.05) is 13.1 Å². The van der Waals surface area contributed by atoms with Gasteiger partial charge in [-0.05, 0) is 53.1 Å². The molecule has 2 aliphatic rings. The second-order valence-electron chi connectivity index (χ2n) is 7.28. The summed E-state index contributed by atoms with van der Waals surface area (Å²) in [6.07, 6.45) is 6.02. The lowest BCUT2D eigenvalue weighted by molar-refractivity contribution is -0.130. The van der Waals surface area contributed by atoms with Gasteiger partial charge in [-0.3, -0.25) is 9.59 Å². The predicted molar refractivity (Wildman–Crippen MR) is 98.6 cm³/mol. The topological polar surface area (TPSA) is 66.4 Å². The highest BCUT2D eigenvalue weighted by atomic mass is 32.1. The van der Waals surface area contributed by atoms with Crippen molar-refractivity contribution >= 4 is 23.2 Å². The maximum atomic E-state index is 12.6. The number of hydrogen-bond acceptors (Lipinski definition) is 5. The van der Waals surface area contributed by atoms with Crippen LogP contribution in [-0.2, 0) is 11.3 Å². The van der Waals surface area contributed by atoms with Gasteiger partial charge >= 0.3 is 0 Å². The molecule has 2 aromatic heterocycles. The van der Waals surface area contributed by atoms with E-state index in [4.69, 9.17) is 0 Å². The molecule has 2 fully saturated rings. The van der Waals surface area contributed by atoms with E-state index >= 15 is 0 Å². The van der Waals surface area contributed by atoms with Crippen molar-refractivity contribution in [3.63, 3.8) is 0 Å². The molecule has 1 atom stereocenters. The number of carbonyl (C=O) groups excluding carboxylic acids is 2. The highest BCUT2D eigenvalue weighted by Gasteiger charge is 2.58. The summed E-state index contributed by atoms with van der Waals surface area (Å²) in [5.41, 5.74) is 1.98. The van der Waals surface area contributed by atoms with E-state index in [9.17, 15) is 9.59 Å². The molecule has 0 radical (unpaired) electrons. The molecule has 0 aromatic carbocycles. The number of carbonyl (C=O) groups is 2. The van der Waals surface area contributed by atoms with Crippen LogP contribution in [0.25, 0.3) is 0 Å². The van der Waals surface area contributed by atoms with Gasteiger partial charge in [0.1, 0.15) is 0 Å². The molecule has 1 unspecified atom stereocenters. The van der Waals surface area contributed by atoms with E-state index in [0.29, 0.717) is 18.2 Å². The first-order chi connectivity index (χ1) is 12.6. The summed E-state index contributed by atoms with van der Waals surface area (Å²) in [6.45, 7) is 3.83. The first-order valence-electron chi connectivity index (χ1n) is 8.93. The quantitative estimate of drug-likeness (QED) is 0.830. The minimum absolute atomic E-state index is 0.0219. The molecule has 1 aliphatic heterocycles. The third-order valence-corrected chi connectivity index (χ3v) is 6.47. The van der Waals surface area contributed by atoms with Crippen molar-refractivity contribution in [2.24, 2.45) is 5.41 Å². The Morgan fingerprint density at radius 1 is 1.31 bits per heavy atom. The van der Waals surface area contributed by atoms with Crippen molar-refractivity contribution in [1.29, 1.82) is 0 Å². The van der Waals surface area contributed by atoms with Gasteiger partial charge in [0.2, 0.25) is 5.91 Å². The van der Waals surface area contributed by atoms with Crippen LogP contribution >= 0.6 is 11.3 Å². The SMILES string of the molecule is CC(=O)N(Cc1ccsc1)C1CC12CCN(C(=O)c1ccnnc1)CC2. The fourth-order valence-corrected chi connectivity index (χ4v) is 4.74. The number of hydrogen-bond donors (Lipinski definition) is 0. The lowest BCUT2D eigenvalue weighted by Gasteiger charge is -2.34. The van der Waals surface area contributed by atoms with E-state index in [1.807, 2.05) is 15.2 Å². The van der Waals surface area contributed by atoms with Crippen molar-refractivity contribution in [3.8, 4) is 0 Å². The molecule has 26 heavy (non-hydrogen) atoms. The summed E-state index contributed by atoms with van der Waals surface area (Å²) in [5, 5.41) is 11.7. The van der Waals surface area contributed by atoms with Gasteiger partial charge in [0.25, 0.3) is 5.91 Å². The molecule has 7 heteroatoms. The molecule has 1 saturated heterocycles. The van der Waals surface area contributed by atoms with Crippen molar-refractivity contribution < 1.29 is 9.59 Å². The molecule has 1 spiro atoms. The molecule has 2 amide bonds. The van der Waals surface area contributed by atoms with Gasteiger partial charge in [-0.25, -0.2) is 0 Å². The first-order valence-corrected chi connectivity index (χ1v) is 9.88. The Bertz CT molecular complexity index is 785. The van der Waals surface area contributed by atoms with Crippen LogP contribution in [0, 0.1) is 5.41 Å². The molecule has 6 nitrogen and oxygen atoms in total. The van der Waals surface area contributed by atoms with Crippen LogP contribution in [0.5, 0.6) is 0 Å². The molecule has 136 valence electrons. The normalized spacial score (nSPS) is 20.8. The standard InChI is InChI=1S/C19H22N4O2S/c1-14(24)23(12-15-3-9-26-13-15)17-10-19(17)4-7-22(8-5-19)18(25)16-2-6-20-21-11-16/h2-3,6,9,11,13,17H,4-5,7-8,10,12H2,1H3. The van der Waals surface area contributed by atoms with Crippen LogP contribution in [0.15, 0.2) is 35.3 Å². The zero-order valence-corrected chi connectivity index (χ0v) is 15.6. The Morgan fingerprint density at radius 3 is 2.73 bits per heavy atom. The molecule has 0 N–H and O–H groups in total. The lowest BCUT2D eigenvalue weighted by atomic mass is 9.92. The molecule has 1 saturated carbocycles. The van der Waals surface area contributed by atoms with E-state index in [-0.39, 0.29) is 17.2 Å². The number of piperidine rings is 1. The van der Waals surface area contributed by atoms with Gasteiger partial charge in [-0.2, -0.15) is 21.5 Å². The van der Waals surface area contributed by atoms with E-state index in [0.717, 1.165) is 32.4 Å². The van der Waals surface area contributed by atoms with Crippen molar-refractivity contribution in [2.45, 2.75) is 38.8 Å². The van der Waals surface area contributed by atoms with Crippen LogP contribution in [0.1, 0.15) is 42.1 Å². The van der Waals surface area contributed by atoms with E-state index in [2.05, 4.69) is 21.6 Å². The first kappa shape index (κ1) is 17.1. The number of rotatable bonds is 4. The van der Waals surface area contributed by atoms with E-state index < -0.39 is 0 Å². The molecule has 1 aliphatic carbocycles. The fraction of sp³-hybridized carbons (Fsp3) is 0.474. The summed E-state index contributed by atoms with van der Waals surface area (Å²) in [7, 11) is 0. The van der Waals surface area contributed by atoms with Gasteiger partial charge in [-0.1, -0.05) is 0 Å². The summed E-state index contributed by atoms with van der Waals surface area (Å²) >= 11 is 1.66. The van der Waals surface area contributed by atoms with E-state index in [1.54, 1.807) is 30.5 Å². The maximum Gasteiger partial charge on any atom is 0.255 e. The van der Waals surface area contributed by atoms with Crippen LogP contribution in [-0.4, -0.2) is 50.9 Å². The van der Waals surface area contributed by atoms with Gasteiger partial charge in [0, 0.05) is 32.6 Å². The molecule has 3 heterocycles. The van der Waals surface area contributed by atoms with Crippen LogP contribution in [0.3, 0.4) is 0 Å². The molecular weight excluding hydrogens is 348 g/mol. The predicted octanol–water partition coefficient (Wildman–Crippen LogP) is 2.58. The third-order valence-electron chi connectivity index (χ3n) is 5.74. The maximum absolute atomic E-state index is 12.6. The number of likely N-dealkylation sites (tertiary alicyclic amines) is 1. The van der Waals surface area contributed by atoms with E-state index in [1.165, 1.54) is 11.8 Å². The van der Waals surface area contributed by atoms with Crippen LogP contribution in [0.2, 0.25) is 0 Å². The number of amides is 2. The summed E-state index contributed by atoms with van der Waals surface area (Å²) in [5.74, 6) is 0.160. The molecular formula is C19H22N4O2S. The summed E-state index contributed by atoms with van der Waals surface area (Å²) < 4.78 is 0.